The van der Waals surface area contributed by atoms with Crippen molar-refractivity contribution in [2.45, 2.75) is 25.7 Å². The molecule has 0 saturated heterocycles. The molecule has 68 valence electrons. The second kappa shape index (κ2) is 8.13. The van der Waals surface area contributed by atoms with Crippen LogP contribution in [0.25, 0.3) is 0 Å². The summed E-state index contributed by atoms with van der Waals surface area (Å²) >= 11 is 0. The third-order valence-electron chi connectivity index (χ3n) is 2.39. The zero-order chi connectivity index (χ0) is 9.14. The second-order valence-electron chi connectivity index (χ2n) is 3.19. The molecule has 1 rings (SSSR count). The molecular weight excluding hydrogens is 206 g/mol. The standard InChI is InChI=1S/C8H12O4.2Na/c9-7(10)5-1-2-6(4-3-5)8(11)12;;/h5-6H,1-4H2,(H,9,10)(H,11,12);;/q;2*+1/p-2. The van der Waals surface area contributed by atoms with Gasteiger partial charge in [-0.15, -0.1) is 0 Å². The van der Waals surface area contributed by atoms with Gasteiger partial charge in [-0.05, 0) is 37.5 Å². The fourth-order valence-electron chi connectivity index (χ4n) is 1.56. The Labute approximate surface area is 127 Å². The van der Waals surface area contributed by atoms with Crippen molar-refractivity contribution in [2.24, 2.45) is 11.8 Å². The Morgan fingerprint density at radius 1 is 0.786 bits per heavy atom. The van der Waals surface area contributed by atoms with Gasteiger partial charge in [0.05, 0.1) is 0 Å². The van der Waals surface area contributed by atoms with E-state index in [0.717, 1.165) is 0 Å². The Morgan fingerprint density at radius 2 is 1.00 bits per heavy atom. The van der Waals surface area contributed by atoms with Gasteiger partial charge in [-0.2, -0.15) is 0 Å². The van der Waals surface area contributed by atoms with Crippen LogP contribution in [0.1, 0.15) is 25.7 Å². The molecule has 0 atom stereocenters. The Balaban J connectivity index is 0. The van der Waals surface area contributed by atoms with Gasteiger partial charge in [0.2, 0.25) is 0 Å². The van der Waals surface area contributed by atoms with E-state index in [1.807, 2.05) is 0 Å². The number of aliphatic carboxylic acids is 2. The van der Waals surface area contributed by atoms with Crippen molar-refractivity contribution in [3.63, 3.8) is 0 Å². The molecular formula is C8H10Na2O4. The van der Waals surface area contributed by atoms with Gasteiger partial charge in [-0.1, -0.05) is 0 Å². The minimum absolute atomic E-state index is 0. The summed E-state index contributed by atoms with van der Waals surface area (Å²) in [5.74, 6) is -3.04. The van der Waals surface area contributed by atoms with Crippen LogP contribution in [0.5, 0.6) is 0 Å². The summed E-state index contributed by atoms with van der Waals surface area (Å²) < 4.78 is 0. The number of hydrogen-bond acceptors (Lipinski definition) is 4. The minimum Gasteiger partial charge on any atom is -0.550 e. The first kappa shape index (κ1) is 17.3. The predicted molar refractivity (Wildman–Crippen MR) is 35.5 cm³/mol. The maximum Gasteiger partial charge on any atom is 1.00 e. The maximum absolute atomic E-state index is 10.4. The van der Waals surface area contributed by atoms with Crippen LogP contribution in [0, 0.1) is 11.8 Å². The summed E-state index contributed by atoms with van der Waals surface area (Å²) in [5, 5.41) is 20.7. The van der Waals surface area contributed by atoms with Crippen molar-refractivity contribution in [2.75, 3.05) is 0 Å². The molecule has 0 radical (unpaired) electrons. The van der Waals surface area contributed by atoms with Gasteiger partial charge in [-0.3, -0.25) is 0 Å². The molecule has 0 heterocycles. The monoisotopic (exact) mass is 216 g/mol. The average molecular weight is 216 g/mol. The molecule has 4 nitrogen and oxygen atoms in total. The molecule has 0 aromatic heterocycles. The third-order valence-corrected chi connectivity index (χ3v) is 2.39. The Bertz CT molecular complexity index is 178. The molecule has 0 unspecified atom stereocenters. The van der Waals surface area contributed by atoms with Crippen LogP contribution in [-0.2, 0) is 9.59 Å². The van der Waals surface area contributed by atoms with Crippen molar-refractivity contribution >= 4 is 11.9 Å². The molecule has 1 aliphatic carbocycles. The van der Waals surface area contributed by atoms with Crippen LogP contribution in [0.4, 0.5) is 0 Å². The fraction of sp³-hybridized carbons (Fsp3) is 0.750. The summed E-state index contributed by atoms with van der Waals surface area (Å²) in [6.07, 6.45) is 1.62. The van der Waals surface area contributed by atoms with Gasteiger partial charge in [0.25, 0.3) is 0 Å². The second-order valence-corrected chi connectivity index (χ2v) is 3.19. The van der Waals surface area contributed by atoms with Gasteiger partial charge >= 0.3 is 59.1 Å². The predicted octanol–water partition coefficient (Wildman–Crippen LogP) is -7.70. The van der Waals surface area contributed by atoms with E-state index in [9.17, 15) is 19.8 Å². The van der Waals surface area contributed by atoms with E-state index in [4.69, 9.17) is 0 Å². The first-order valence-corrected chi connectivity index (χ1v) is 4.03. The van der Waals surface area contributed by atoms with Crippen molar-refractivity contribution in [1.82, 2.24) is 0 Å². The van der Waals surface area contributed by atoms with Crippen molar-refractivity contribution in [3.8, 4) is 0 Å². The molecule has 6 heteroatoms. The Morgan fingerprint density at radius 3 is 1.14 bits per heavy atom. The molecule has 1 fully saturated rings. The van der Waals surface area contributed by atoms with Crippen molar-refractivity contribution < 1.29 is 78.9 Å². The van der Waals surface area contributed by atoms with Crippen LogP contribution >= 0.6 is 0 Å². The van der Waals surface area contributed by atoms with Gasteiger partial charge in [0.15, 0.2) is 0 Å². The number of hydrogen-bond donors (Lipinski definition) is 0. The van der Waals surface area contributed by atoms with E-state index in [1.165, 1.54) is 0 Å². The number of carbonyl (C=O) groups excluding carboxylic acids is 2. The third kappa shape index (κ3) is 5.14. The fourth-order valence-corrected chi connectivity index (χ4v) is 1.56. The van der Waals surface area contributed by atoms with Crippen LogP contribution in [0.15, 0.2) is 0 Å². The van der Waals surface area contributed by atoms with Crippen molar-refractivity contribution in [3.05, 3.63) is 0 Å². The summed E-state index contributed by atoms with van der Waals surface area (Å²) in [6, 6.07) is 0. The van der Waals surface area contributed by atoms with Crippen LogP contribution < -0.4 is 69.3 Å². The van der Waals surface area contributed by atoms with Crippen LogP contribution in [-0.4, -0.2) is 11.9 Å². The molecule has 0 aliphatic heterocycles. The molecule has 0 bridgehead atoms. The number of rotatable bonds is 2. The molecule has 0 aromatic rings. The molecule has 1 aliphatic rings. The molecule has 0 aromatic carbocycles. The van der Waals surface area contributed by atoms with E-state index < -0.39 is 23.8 Å². The van der Waals surface area contributed by atoms with E-state index in [0.29, 0.717) is 25.7 Å². The Kier molecular flexibility index (Phi) is 10.1. The van der Waals surface area contributed by atoms with Crippen molar-refractivity contribution in [1.29, 1.82) is 0 Å². The number of carboxylic acid groups (broad SMARTS) is 2. The van der Waals surface area contributed by atoms with E-state index in [-0.39, 0.29) is 59.1 Å². The topological polar surface area (TPSA) is 80.3 Å². The maximum atomic E-state index is 10.4. The summed E-state index contributed by atoms with van der Waals surface area (Å²) in [4.78, 5) is 20.7. The summed E-state index contributed by atoms with van der Waals surface area (Å²) in [7, 11) is 0. The summed E-state index contributed by atoms with van der Waals surface area (Å²) in [6.45, 7) is 0. The van der Waals surface area contributed by atoms with Gasteiger partial charge < -0.3 is 19.8 Å². The first-order chi connectivity index (χ1) is 5.61. The molecule has 14 heavy (non-hydrogen) atoms. The average Bonchev–Trinajstić information content (AvgIpc) is 2.04. The largest absolute Gasteiger partial charge is 1.00 e. The number of carboxylic acids is 2. The normalized spacial score (nSPS) is 25.4. The zero-order valence-electron chi connectivity index (χ0n) is 8.62. The first-order valence-electron chi connectivity index (χ1n) is 4.03. The molecule has 0 spiro atoms. The number of carbonyl (C=O) groups is 2. The van der Waals surface area contributed by atoms with E-state index in [1.54, 1.807) is 0 Å². The Hall–Kier alpha value is 0.940. The SMILES string of the molecule is O=C([O-])C1CCC(C(=O)[O-])CC1.[Na+].[Na+]. The summed E-state index contributed by atoms with van der Waals surface area (Å²) in [5.41, 5.74) is 0. The van der Waals surface area contributed by atoms with E-state index in [2.05, 4.69) is 0 Å². The minimum atomic E-state index is -1.06. The van der Waals surface area contributed by atoms with Gasteiger partial charge in [0, 0.05) is 11.9 Å². The van der Waals surface area contributed by atoms with Crippen LogP contribution in [0.3, 0.4) is 0 Å². The zero-order valence-corrected chi connectivity index (χ0v) is 12.6. The van der Waals surface area contributed by atoms with Gasteiger partial charge in [0.1, 0.15) is 0 Å². The van der Waals surface area contributed by atoms with Crippen LogP contribution in [0.2, 0.25) is 0 Å². The van der Waals surface area contributed by atoms with Gasteiger partial charge in [-0.25, -0.2) is 0 Å². The molecule has 0 amide bonds. The quantitative estimate of drug-likeness (QED) is 0.429. The van der Waals surface area contributed by atoms with E-state index >= 15 is 0 Å². The molecule has 0 N–H and O–H groups in total. The smallest absolute Gasteiger partial charge is 0.550 e. The molecule has 1 saturated carbocycles.